The largest absolute Gasteiger partial charge is 0.247 e. The van der Waals surface area contributed by atoms with Crippen molar-refractivity contribution in [2.75, 3.05) is 4.43 Å². The van der Waals surface area contributed by atoms with Crippen LogP contribution in [0.5, 0.6) is 0 Å². The molecule has 12 heavy (non-hydrogen) atoms. The number of hydrogen-bond acceptors (Lipinski definition) is 0. The fraction of sp³-hybridized carbons (Fsp3) is 1.00. The van der Waals surface area contributed by atoms with E-state index in [1.54, 1.807) is 0 Å². The lowest BCUT2D eigenvalue weighted by Gasteiger charge is -2.04. The zero-order chi connectivity index (χ0) is 9.23. The van der Waals surface area contributed by atoms with Gasteiger partial charge >= 0.3 is 0 Å². The first-order chi connectivity index (χ1) is 5.81. The van der Waals surface area contributed by atoms with E-state index in [-0.39, 0.29) is 0 Å². The van der Waals surface area contributed by atoms with E-state index in [2.05, 4.69) is 29.5 Å². The molecule has 0 heterocycles. The first kappa shape index (κ1) is 12.7. The Kier molecular flexibility index (Phi) is 10.3. The average Bonchev–Trinajstić information content (AvgIpc) is 2.05. The van der Waals surface area contributed by atoms with Crippen LogP contribution in [0.25, 0.3) is 0 Å². The summed E-state index contributed by atoms with van der Waals surface area (Å²) >= 11 is 2.24. The van der Waals surface area contributed by atoms with Gasteiger partial charge in [-0.3, -0.25) is 0 Å². The van der Waals surface area contributed by atoms with E-state index in [4.69, 9.17) is 0 Å². The highest BCUT2D eigenvalue weighted by molar-refractivity contribution is 14.1. The molecule has 0 saturated carbocycles. The molecule has 0 fully saturated rings. The fourth-order valence-electron chi connectivity index (χ4n) is 1.23. The van der Waals surface area contributed by atoms with Crippen molar-refractivity contribution in [2.24, 2.45) is 0 Å². The maximum Gasteiger partial charge on any atom is 0.101 e. The molecule has 0 aliphatic heterocycles. The molecule has 0 aromatic carbocycles. The van der Waals surface area contributed by atoms with Crippen LogP contribution in [-0.4, -0.2) is 10.6 Å². The average molecular weight is 286 g/mol. The summed E-state index contributed by atoms with van der Waals surface area (Å²) in [5, 5.41) is 0. The van der Waals surface area contributed by atoms with Crippen molar-refractivity contribution in [3.63, 3.8) is 0 Å². The molecule has 74 valence electrons. The third kappa shape index (κ3) is 8.75. The van der Waals surface area contributed by atoms with Gasteiger partial charge in [0.2, 0.25) is 0 Å². The lowest BCUT2D eigenvalue weighted by molar-refractivity contribution is 0.299. The fourth-order valence-corrected chi connectivity index (χ4v) is 1.91. The summed E-state index contributed by atoms with van der Waals surface area (Å²) in [6.45, 7) is 2.20. The Bertz CT molecular complexity index is 85.9. The molecular formula is C10H20FI. The molecule has 0 aromatic rings. The molecule has 0 rings (SSSR count). The van der Waals surface area contributed by atoms with Gasteiger partial charge in [0.05, 0.1) is 0 Å². The van der Waals surface area contributed by atoms with Crippen LogP contribution in [0.2, 0.25) is 0 Å². The molecule has 2 heteroatoms. The minimum absolute atomic E-state index is 0.538. The van der Waals surface area contributed by atoms with Gasteiger partial charge in [-0.1, -0.05) is 61.6 Å². The van der Waals surface area contributed by atoms with Crippen LogP contribution < -0.4 is 0 Å². The number of hydrogen-bond donors (Lipinski definition) is 0. The van der Waals surface area contributed by atoms with Crippen LogP contribution in [-0.2, 0) is 0 Å². The zero-order valence-corrected chi connectivity index (χ0v) is 10.1. The highest BCUT2D eigenvalue weighted by Gasteiger charge is 2.03. The first-order valence-corrected chi connectivity index (χ1v) is 6.53. The molecule has 0 amide bonds. The monoisotopic (exact) mass is 286 g/mol. The van der Waals surface area contributed by atoms with E-state index in [1.807, 2.05) is 0 Å². The van der Waals surface area contributed by atoms with Crippen molar-refractivity contribution in [1.82, 2.24) is 0 Å². The first-order valence-electron chi connectivity index (χ1n) is 5.01. The molecule has 1 unspecified atom stereocenters. The second-order valence-corrected chi connectivity index (χ2v) is 4.36. The molecule has 0 bridgehead atoms. The number of unbranched alkanes of at least 4 members (excludes halogenated alkanes) is 4. The molecule has 0 N–H and O–H groups in total. The predicted octanol–water partition coefficient (Wildman–Crippen LogP) is 4.51. The molecule has 0 radical (unpaired) electrons. The smallest absolute Gasteiger partial charge is 0.101 e. The van der Waals surface area contributed by atoms with Crippen LogP contribution >= 0.6 is 22.6 Å². The van der Waals surface area contributed by atoms with Crippen molar-refractivity contribution in [3.8, 4) is 0 Å². The third-order valence-corrected chi connectivity index (χ3v) is 2.67. The van der Waals surface area contributed by atoms with Gasteiger partial charge in [-0.2, -0.15) is 0 Å². The topological polar surface area (TPSA) is 0 Å². The quantitative estimate of drug-likeness (QED) is 0.350. The molecule has 0 spiro atoms. The highest BCUT2D eigenvalue weighted by Crippen LogP contribution is 2.12. The SMILES string of the molecule is CCCCCCCC(F)CCI. The summed E-state index contributed by atoms with van der Waals surface area (Å²) in [5.74, 6) is 0. The maximum absolute atomic E-state index is 12.9. The molecule has 0 nitrogen and oxygen atoms in total. The number of alkyl halides is 2. The second kappa shape index (κ2) is 9.75. The van der Waals surface area contributed by atoms with E-state index in [9.17, 15) is 4.39 Å². The van der Waals surface area contributed by atoms with Gasteiger partial charge in [0.25, 0.3) is 0 Å². The minimum atomic E-state index is -0.538. The van der Waals surface area contributed by atoms with Gasteiger partial charge in [-0.25, -0.2) is 4.39 Å². The van der Waals surface area contributed by atoms with Gasteiger partial charge in [-0.15, -0.1) is 0 Å². The van der Waals surface area contributed by atoms with E-state index < -0.39 is 6.17 Å². The van der Waals surface area contributed by atoms with Gasteiger partial charge in [-0.05, 0) is 12.8 Å². The number of halogens is 2. The predicted molar refractivity (Wildman–Crippen MR) is 61.8 cm³/mol. The Morgan fingerprint density at radius 3 is 2.33 bits per heavy atom. The van der Waals surface area contributed by atoms with E-state index in [0.29, 0.717) is 0 Å². The normalized spacial score (nSPS) is 13.2. The Labute approximate surface area is 89.5 Å². The van der Waals surface area contributed by atoms with E-state index in [0.717, 1.165) is 23.7 Å². The summed E-state index contributed by atoms with van der Waals surface area (Å²) < 4.78 is 13.9. The lowest BCUT2D eigenvalue weighted by atomic mass is 10.1. The zero-order valence-electron chi connectivity index (χ0n) is 7.99. The van der Waals surface area contributed by atoms with Gasteiger partial charge in [0.1, 0.15) is 6.17 Å². The Morgan fingerprint density at radius 1 is 1.08 bits per heavy atom. The van der Waals surface area contributed by atoms with E-state index in [1.165, 1.54) is 25.7 Å². The highest BCUT2D eigenvalue weighted by atomic mass is 127. The van der Waals surface area contributed by atoms with Gasteiger partial charge in [0, 0.05) is 4.43 Å². The molecule has 0 aromatic heterocycles. The van der Waals surface area contributed by atoms with Crippen molar-refractivity contribution in [1.29, 1.82) is 0 Å². The van der Waals surface area contributed by atoms with E-state index >= 15 is 0 Å². The lowest BCUT2D eigenvalue weighted by Crippen LogP contribution is -2.00. The van der Waals surface area contributed by atoms with Crippen molar-refractivity contribution >= 4 is 22.6 Å². The van der Waals surface area contributed by atoms with Crippen molar-refractivity contribution < 1.29 is 4.39 Å². The summed E-state index contributed by atoms with van der Waals surface area (Å²) in [6.07, 6.45) is 7.15. The Balaban J connectivity index is 2.97. The molecular weight excluding hydrogens is 266 g/mol. The molecule has 0 aliphatic carbocycles. The van der Waals surface area contributed by atoms with Crippen LogP contribution in [0, 0.1) is 0 Å². The Hall–Kier alpha value is 0.660. The standard InChI is InChI=1S/C10H20FI/c1-2-3-4-5-6-7-10(11)8-9-12/h10H,2-9H2,1H3. The summed E-state index contributed by atoms with van der Waals surface area (Å²) in [4.78, 5) is 0. The third-order valence-electron chi connectivity index (χ3n) is 2.04. The van der Waals surface area contributed by atoms with Crippen LogP contribution in [0.4, 0.5) is 4.39 Å². The molecule has 0 saturated heterocycles. The second-order valence-electron chi connectivity index (χ2n) is 3.28. The summed E-state index contributed by atoms with van der Waals surface area (Å²) in [5.41, 5.74) is 0. The summed E-state index contributed by atoms with van der Waals surface area (Å²) in [7, 11) is 0. The van der Waals surface area contributed by atoms with Gasteiger partial charge in [0.15, 0.2) is 0 Å². The summed E-state index contributed by atoms with van der Waals surface area (Å²) in [6, 6.07) is 0. The maximum atomic E-state index is 12.9. The Morgan fingerprint density at radius 2 is 1.75 bits per heavy atom. The number of rotatable bonds is 8. The molecule has 1 atom stereocenters. The van der Waals surface area contributed by atoms with Crippen LogP contribution in [0.3, 0.4) is 0 Å². The van der Waals surface area contributed by atoms with Crippen molar-refractivity contribution in [3.05, 3.63) is 0 Å². The van der Waals surface area contributed by atoms with Crippen LogP contribution in [0.15, 0.2) is 0 Å². The van der Waals surface area contributed by atoms with Crippen LogP contribution in [0.1, 0.15) is 51.9 Å². The molecule has 0 aliphatic rings. The minimum Gasteiger partial charge on any atom is -0.247 e. The van der Waals surface area contributed by atoms with Crippen molar-refractivity contribution in [2.45, 2.75) is 58.0 Å². The van der Waals surface area contributed by atoms with Gasteiger partial charge < -0.3 is 0 Å².